The zero-order chi connectivity index (χ0) is 20.1. The van der Waals surface area contributed by atoms with E-state index in [1.165, 1.54) is 12.4 Å². The number of piperidine rings is 1. The van der Waals surface area contributed by atoms with Gasteiger partial charge in [-0.1, -0.05) is 5.16 Å². The van der Waals surface area contributed by atoms with Crippen LogP contribution < -0.4 is 10.5 Å². The minimum Gasteiger partial charge on any atom is -0.473 e. The van der Waals surface area contributed by atoms with Crippen molar-refractivity contribution in [2.75, 3.05) is 19.3 Å². The fourth-order valence-electron chi connectivity index (χ4n) is 3.57. The van der Waals surface area contributed by atoms with E-state index in [2.05, 4.69) is 15.1 Å². The molecule has 3 N–H and O–H groups in total. The predicted molar refractivity (Wildman–Crippen MR) is 101 cm³/mol. The predicted octanol–water partition coefficient (Wildman–Crippen LogP) is 0.755. The van der Waals surface area contributed by atoms with E-state index in [0.717, 1.165) is 57.9 Å². The van der Waals surface area contributed by atoms with Crippen LogP contribution >= 0.6 is 0 Å². The minimum absolute atomic E-state index is 0.0284. The third-order valence-corrected chi connectivity index (χ3v) is 6.12. The van der Waals surface area contributed by atoms with Crippen LogP contribution in [0.3, 0.4) is 0 Å². The normalized spacial score (nSPS) is 24.9. The van der Waals surface area contributed by atoms with Gasteiger partial charge in [0.1, 0.15) is 6.10 Å². The second kappa shape index (κ2) is 8.91. The molecular weight excluding hydrogens is 386 g/mol. The number of nitrogens with two attached hydrogens (primary N) is 1. The molecule has 0 aromatic carbocycles. The number of rotatable bonds is 5. The van der Waals surface area contributed by atoms with Crippen LogP contribution in [0.15, 0.2) is 22.6 Å². The Hall–Kier alpha value is -2.14. The smallest absolute Gasteiger partial charge is 0.233 e. The van der Waals surface area contributed by atoms with Gasteiger partial charge in [0.05, 0.1) is 24.6 Å². The number of hydrogen-bond acceptors (Lipinski definition) is 8. The molecule has 2 heterocycles. The van der Waals surface area contributed by atoms with Crippen molar-refractivity contribution in [1.82, 2.24) is 14.9 Å². The van der Waals surface area contributed by atoms with Crippen molar-refractivity contribution in [3.8, 4) is 5.88 Å². The van der Waals surface area contributed by atoms with Gasteiger partial charge in [-0.2, -0.15) is 0 Å². The third kappa shape index (κ3) is 5.44. The summed E-state index contributed by atoms with van der Waals surface area (Å²) in [6.07, 6.45) is 9.32. The number of ether oxygens (including phenoxy) is 2. The summed E-state index contributed by atoms with van der Waals surface area (Å²) in [7, 11) is -3.36. The number of likely N-dealkylation sites (tertiary alicyclic amines) is 1. The van der Waals surface area contributed by atoms with E-state index in [1.807, 2.05) is 4.90 Å². The number of oxime groups is 1. The summed E-state index contributed by atoms with van der Waals surface area (Å²) in [5.41, 5.74) is 5.62. The number of aromatic nitrogens is 2. The quantitative estimate of drug-likeness (QED) is 0.310. The lowest BCUT2D eigenvalue weighted by Crippen LogP contribution is -2.45. The van der Waals surface area contributed by atoms with Crippen molar-refractivity contribution in [2.45, 2.75) is 61.9 Å². The fraction of sp³-hybridized carbons (Fsp3) is 0.706. The first-order valence-corrected chi connectivity index (χ1v) is 11.3. The Kier molecular flexibility index (Phi) is 6.55. The molecule has 2 fully saturated rings. The first kappa shape index (κ1) is 20.6. The number of sulfone groups is 1. The average molecular weight is 414 g/mol. The molecule has 0 bridgehead atoms. The summed E-state index contributed by atoms with van der Waals surface area (Å²) < 4.78 is 34.9. The molecule has 0 amide bonds. The molecule has 11 heteroatoms. The standard InChI is InChI=1S/C17H27N5O5S/c1-28(24,25)16-11-19-15(10-20-16)27-13-4-2-12(3-5-13)26-14-6-8-22(9-7-14)17(18)21-23/h10-14,23H,2-9H2,1H3,(H2,18,21). The molecule has 1 aromatic heterocycles. The molecule has 1 saturated carbocycles. The van der Waals surface area contributed by atoms with Gasteiger partial charge in [-0.05, 0) is 38.5 Å². The lowest BCUT2D eigenvalue weighted by atomic mass is 9.94. The van der Waals surface area contributed by atoms with Crippen LogP contribution in [-0.2, 0) is 14.6 Å². The highest BCUT2D eigenvalue weighted by Crippen LogP contribution is 2.27. The first-order chi connectivity index (χ1) is 13.3. The number of guanidine groups is 1. The van der Waals surface area contributed by atoms with E-state index in [0.29, 0.717) is 5.88 Å². The maximum atomic E-state index is 11.4. The molecule has 10 nitrogen and oxygen atoms in total. The Bertz CT molecular complexity index is 770. The molecule has 0 radical (unpaired) electrons. The van der Waals surface area contributed by atoms with Crippen LogP contribution in [0.4, 0.5) is 0 Å². The number of nitrogens with zero attached hydrogens (tertiary/aromatic N) is 4. The fourth-order valence-corrected chi connectivity index (χ4v) is 4.06. The van der Waals surface area contributed by atoms with Gasteiger partial charge in [-0.25, -0.2) is 18.4 Å². The molecule has 0 atom stereocenters. The van der Waals surface area contributed by atoms with Crippen LogP contribution in [0.1, 0.15) is 38.5 Å². The second-order valence-corrected chi connectivity index (χ2v) is 9.22. The van der Waals surface area contributed by atoms with E-state index in [9.17, 15) is 8.42 Å². The van der Waals surface area contributed by atoms with Gasteiger partial charge in [0, 0.05) is 19.3 Å². The van der Waals surface area contributed by atoms with Crippen LogP contribution in [-0.4, -0.2) is 72.1 Å². The second-order valence-electron chi connectivity index (χ2n) is 7.26. The molecule has 1 aromatic rings. The largest absolute Gasteiger partial charge is 0.473 e. The summed E-state index contributed by atoms with van der Waals surface area (Å²) in [6, 6.07) is 0. The van der Waals surface area contributed by atoms with Crippen molar-refractivity contribution in [1.29, 1.82) is 0 Å². The molecule has 1 aliphatic carbocycles. The molecule has 0 unspecified atom stereocenters. The molecule has 2 aliphatic rings. The molecule has 3 rings (SSSR count). The van der Waals surface area contributed by atoms with E-state index in [-0.39, 0.29) is 29.3 Å². The van der Waals surface area contributed by atoms with E-state index < -0.39 is 9.84 Å². The summed E-state index contributed by atoms with van der Waals surface area (Å²) in [4.78, 5) is 9.79. The highest BCUT2D eigenvalue weighted by molar-refractivity contribution is 7.90. The molecule has 0 spiro atoms. The Morgan fingerprint density at radius 1 is 1.11 bits per heavy atom. The Labute approximate surface area is 164 Å². The van der Waals surface area contributed by atoms with Gasteiger partial charge in [0.2, 0.25) is 11.8 Å². The molecular formula is C17H27N5O5S. The van der Waals surface area contributed by atoms with Gasteiger partial charge in [-0.3, -0.25) is 0 Å². The Balaban J connectivity index is 1.40. The van der Waals surface area contributed by atoms with Crippen LogP contribution in [0, 0.1) is 0 Å². The van der Waals surface area contributed by atoms with E-state index >= 15 is 0 Å². The van der Waals surface area contributed by atoms with Crippen molar-refractivity contribution < 1.29 is 23.1 Å². The highest BCUT2D eigenvalue weighted by atomic mass is 32.2. The van der Waals surface area contributed by atoms with Gasteiger partial charge in [0.25, 0.3) is 0 Å². The van der Waals surface area contributed by atoms with Crippen LogP contribution in [0.5, 0.6) is 5.88 Å². The van der Waals surface area contributed by atoms with Crippen molar-refractivity contribution in [3.63, 3.8) is 0 Å². The van der Waals surface area contributed by atoms with Gasteiger partial charge in [0.15, 0.2) is 14.9 Å². The zero-order valence-electron chi connectivity index (χ0n) is 15.9. The van der Waals surface area contributed by atoms with Gasteiger partial charge < -0.3 is 25.3 Å². The lowest BCUT2D eigenvalue weighted by Gasteiger charge is -2.36. The molecule has 156 valence electrons. The lowest BCUT2D eigenvalue weighted by molar-refractivity contribution is -0.0618. The minimum atomic E-state index is -3.36. The average Bonchev–Trinajstić information content (AvgIpc) is 2.69. The maximum absolute atomic E-state index is 11.4. The molecule has 28 heavy (non-hydrogen) atoms. The molecule has 1 saturated heterocycles. The Morgan fingerprint density at radius 2 is 1.71 bits per heavy atom. The third-order valence-electron chi connectivity index (χ3n) is 5.15. The Morgan fingerprint density at radius 3 is 2.25 bits per heavy atom. The van der Waals surface area contributed by atoms with Crippen molar-refractivity contribution in [3.05, 3.63) is 12.4 Å². The number of hydrogen-bond donors (Lipinski definition) is 2. The van der Waals surface area contributed by atoms with E-state index in [1.54, 1.807) is 0 Å². The maximum Gasteiger partial charge on any atom is 0.233 e. The molecule has 1 aliphatic heterocycles. The SMILES string of the molecule is CS(=O)(=O)c1cnc(OC2CCC(OC3CCN(/C(N)=N/O)CC3)CC2)cn1. The monoisotopic (exact) mass is 413 g/mol. The van der Waals surface area contributed by atoms with Gasteiger partial charge >= 0.3 is 0 Å². The van der Waals surface area contributed by atoms with Gasteiger partial charge in [-0.15, -0.1) is 0 Å². The summed E-state index contributed by atoms with van der Waals surface area (Å²) >= 11 is 0. The summed E-state index contributed by atoms with van der Waals surface area (Å²) in [6.45, 7) is 1.45. The topological polar surface area (TPSA) is 140 Å². The van der Waals surface area contributed by atoms with E-state index in [4.69, 9.17) is 20.4 Å². The zero-order valence-corrected chi connectivity index (χ0v) is 16.7. The summed E-state index contributed by atoms with van der Waals surface area (Å²) in [5, 5.41) is 11.7. The van der Waals surface area contributed by atoms with Crippen LogP contribution in [0.2, 0.25) is 0 Å². The highest BCUT2D eigenvalue weighted by Gasteiger charge is 2.28. The van der Waals surface area contributed by atoms with Crippen LogP contribution in [0.25, 0.3) is 0 Å². The summed E-state index contributed by atoms with van der Waals surface area (Å²) in [5.74, 6) is 0.496. The van der Waals surface area contributed by atoms with Crippen molar-refractivity contribution >= 4 is 15.8 Å². The first-order valence-electron chi connectivity index (χ1n) is 9.42. The van der Waals surface area contributed by atoms with Crippen molar-refractivity contribution in [2.24, 2.45) is 10.9 Å².